The molecule has 0 saturated heterocycles. The number of nitro benzene ring substituents is 1. The number of rotatable bonds is 2. The predicted molar refractivity (Wildman–Crippen MR) is 64.5 cm³/mol. The van der Waals surface area contributed by atoms with Crippen LogP contribution in [-0.2, 0) is 0 Å². The highest BCUT2D eigenvalue weighted by Crippen LogP contribution is 2.25. The smallest absolute Gasteiger partial charge is 0.301 e. The lowest BCUT2D eigenvalue weighted by Gasteiger charge is -2.06. The SMILES string of the molecule is N#Cc1ccc(NC(=O)n2ccnc2)c([N+](=O)[O-])c1. The van der Waals surface area contributed by atoms with Gasteiger partial charge in [-0.3, -0.25) is 14.7 Å². The van der Waals surface area contributed by atoms with E-state index < -0.39 is 11.0 Å². The van der Waals surface area contributed by atoms with Crippen LogP contribution in [0, 0.1) is 21.4 Å². The van der Waals surface area contributed by atoms with Gasteiger partial charge in [-0.05, 0) is 12.1 Å². The summed E-state index contributed by atoms with van der Waals surface area (Å²) >= 11 is 0. The van der Waals surface area contributed by atoms with Crippen molar-refractivity contribution in [1.82, 2.24) is 9.55 Å². The number of carbonyl (C=O) groups excluding carboxylic acids is 1. The van der Waals surface area contributed by atoms with Crippen molar-refractivity contribution in [2.75, 3.05) is 5.32 Å². The molecule has 0 spiro atoms. The number of nitrogens with one attached hydrogen (secondary N) is 1. The number of hydrogen-bond donors (Lipinski definition) is 1. The largest absolute Gasteiger partial charge is 0.331 e. The molecule has 94 valence electrons. The molecule has 0 saturated carbocycles. The van der Waals surface area contributed by atoms with Crippen molar-refractivity contribution < 1.29 is 9.72 Å². The second kappa shape index (κ2) is 4.97. The van der Waals surface area contributed by atoms with E-state index in [9.17, 15) is 14.9 Å². The second-order valence-corrected chi connectivity index (χ2v) is 3.50. The molecule has 1 amide bonds. The van der Waals surface area contributed by atoms with E-state index in [1.165, 1.54) is 30.9 Å². The van der Waals surface area contributed by atoms with Crippen molar-refractivity contribution in [2.45, 2.75) is 0 Å². The van der Waals surface area contributed by atoms with Crippen molar-refractivity contribution in [3.05, 3.63) is 52.6 Å². The van der Waals surface area contributed by atoms with Crippen LogP contribution in [0.2, 0.25) is 0 Å². The molecular formula is C11H7N5O3. The van der Waals surface area contributed by atoms with Gasteiger partial charge in [-0.2, -0.15) is 5.26 Å². The molecule has 1 aromatic heterocycles. The zero-order valence-electron chi connectivity index (χ0n) is 9.48. The molecule has 0 bridgehead atoms. The molecule has 0 unspecified atom stereocenters. The maximum Gasteiger partial charge on any atom is 0.331 e. The summed E-state index contributed by atoms with van der Waals surface area (Å²) in [6, 6.07) is 5.02. The van der Waals surface area contributed by atoms with E-state index in [1.54, 1.807) is 6.07 Å². The number of nitrogens with zero attached hydrogens (tertiary/aromatic N) is 4. The van der Waals surface area contributed by atoms with Crippen molar-refractivity contribution in [2.24, 2.45) is 0 Å². The molecule has 0 aliphatic rings. The fourth-order valence-corrected chi connectivity index (χ4v) is 1.42. The molecule has 0 fully saturated rings. The average Bonchev–Trinajstić information content (AvgIpc) is 2.92. The number of carbonyl (C=O) groups is 1. The molecule has 1 aromatic carbocycles. The number of nitro groups is 1. The number of amides is 1. The molecule has 2 rings (SSSR count). The summed E-state index contributed by atoms with van der Waals surface area (Å²) in [4.78, 5) is 25.6. The highest BCUT2D eigenvalue weighted by Gasteiger charge is 2.17. The van der Waals surface area contributed by atoms with Crippen molar-refractivity contribution >= 4 is 17.4 Å². The summed E-state index contributed by atoms with van der Waals surface area (Å²) in [5.41, 5.74) is -0.178. The lowest BCUT2D eigenvalue weighted by molar-refractivity contribution is -0.383. The zero-order chi connectivity index (χ0) is 13.8. The minimum absolute atomic E-state index is 0.0164. The standard InChI is InChI=1S/C11H7N5O3/c12-6-8-1-2-9(10(5-8)16(18)19)14-11(17)15-4-3-13-7-15/h1-5,7H,(H,14,17). The number of hydrogen-bond acceptors (Lipinski definition) is 5. The second-order valence-electron chi connectivity index (χ2n) is 3.50. The van der Waals surface area contributed by atoms with Crippen LogP contribution in [0.5, 0.6) is 0 Å². The lowest BCUT2D eigenvalue weighted by atomic mass is 10.2. The van der Waals surface area contributed by atoms with Crippen molar-refractivity contribution in [1.29, 1.82) is 5.26 Å². The van der Waals surface area contributed by atoms with E-state index in [1.807, 2.05) is 0 Å². The Morgan fingerprint density at radius 1 is 1.53 bits per heavy atom. The number of aromatic nitrogens is 2. The third-order valence-corrected chi connectivity index (χ3v) is 2.30. The molecule has 2 aromatic rings. The highest BCUT2D eigenvalue weighted by atomic mass is 16.6. The minimum Gasteiger partial charge on any atom is -0.301 e. The quantitative estimate of drug-likeness (QED) is 0.650. The van der Waals surface area contributed by atoms with Crippen LogP contribution in [-0.4, -0.2) is 20.5 Å². The summed E-state index contributed by atoms with van der Waals surface area (Å²) in [5, 5.41) is 22.0. The van der Waals surface area contributed by atoms with Crippen LogP contribution in [0.4, 0.5) is 16.2 Å². The van der Waals surface area contributed by atoms with Gasteiger partial charge in [0.05, 0.1) is 16.6 Å². The Kier molecular flexibility index (Phi) is 3.20. The Morgan fingerprint density at radius 2 is 2.32 bits per heavy atom. The van der Waals surface area contributed by atoms with Gasteiger partial charge in [0.2, 0.25) is 0 Å². The molecule has 0 aliphatic heterocycles. The first-order chi connectivity index (χ1) is 9.11. The first-order valence-electron chi connectivity index (χ1n) is 5.09. The van der Waals surface area contributed by atoms with E-state index in [0.717, 1.165) is 10.6 Å². The lowest BCUT2D eigenvalue weighted by Crippen LogP contribution is -2.18. The summed E-state index contributed by atoms with van der Waals surface area (Å²) in [5.74, 6) is 0. The summed E-state index contributed by atoms with van der Waals surface area (Å²) in [6.45, 7) is 0. The predicted octanol–water partition coefficient (Wildman–Crippen LogP) is 1.74. The minimum atomic E-state index is -0.662. The number of nitriles is 1. The Balaban J connectivity index is 2.33. The van der Waals surface area contributed by atoms with Crippen molar-refractivity contribution in [3.8, 4) is 6.07 Å². The molecule has 0 radical (unpaired) electrons. The maximum atomic E-state index is 11.7. The Hall–Kier alpha value is -3.21. The summed E-state index contributed by atoms with van der Waals surface area (Å²) in [6.07, 6.45) is 4.09. The summed E-state index contributed by atoms with van der Waals surface area (Å²) in [7, 11) is 0. The van der Waals surface area contributed by atoms with Gasteiger partial charge in [-0.1, -0.05) is 0 Å². The first kappa shape index (κ1) is 12.3. The fourth-order valence-electron chi connectivity index (χ4n) is 1.42. The average molecular weight is 257 g/mol. The molecule has 8 heteroatoms. The molecule has 8 nitrogen and oxygen atoms in total. The molecule has 0 atom stereocenters. The van der Waals surface area contributed by atoms with Gasteiger partial charge in [-0.25, -0.2) is 9.78 Å². The van der Waals surface area contributed by atoms with Gasteiger partial charge in [0.15, 0.2) is 0 Å². The molecule has 19 heavy (non-hydrogen) atoms. The molecule has 1 N–H and O–H groups in total. The normalized spacial score (nSPS) is 9.63. The fraction of sp³-hybridized carbons (Fsp3) is 0. The van der Waals surface area contributed by atoms with Crippen LogP contribution in [0.15, 0.2) is 36.9 Å². The topological polar surface area (TPSA) is 114 Å². The van der Waals surface area contributed by atoms with Crippen LogP contribution in [0.25, 0.3) is 0 Å². The van der Waals surface area contributed by atoms with E-state index in [-0.39, 0.29) is 16.9 Å². The number of benzene rings is 1. The Morgan fingerprint density at radius 3 is 2.89 bits per heavy atom. The molecule has 0 aliphatic carbocycles. The van der Waals surface area contributed by atoms with E-state index in [4.69, 9.17) is 5.26 Å². The maximum absolute atomic E-state index is 11.7. The molecular weight excluding hydrogens is 250 g/mol. The Labute approximate surface area is 107 Å². The first-order valence-corrected chi connectivity index (χ1v) is 5.09. The third kappa shape index (κ3) is 2.55. The van der Waals surface area contributed by atoms with Crippen LogP contribution < -0.4 is 5.32 Å². The van der Waals surface area contributed by atoms with Crippen LogP contribution in [0.3, 0.4) is 0 Å². The molecule has 1 heterocycles. The van der Waals surface area contributed by atoms with Crippen LogP contribution in [0.1, 0.15) is 5.56 Å². The zero-order valence-corrected chi connectivity index (χ0v) is 9.48. The van der Waals surface area contributed by atoms with Gasteiger partial charge in [-0.15, -0.1) is 0 Å². The van der Waals surface area contributed by atoms with E-state index >= 15 is 0 Å². The van der Waals surface area contributed by atoms with Gasteiger partial charge in [0.25, 0.3) is 5.69 Å². The summed E-state index contributed by atoms with van der Waals surface area (Å²) < 4.78 is 1.14. The van der Waals surface area contributed by atoms with Gasteiger partial charge in [0, 0.05) is 18.5 Å². The van der Waals surface area contributed by atoms with Gasteiger partial charge < -0.3 is 5.32 Å². The number of anilines is 1. The van der Waals surface area contributed by atoms with Crippen LogP contribution >= 0.6 is 0 Å². The highest BCUT2D eigenvalue weighted by molar-refractivity contribution is 5.93. The number of imidazole rings is 1. The van der Waals surface area contributed by atoms with E-state index in [2.05, 4.69) is 10.3 Å². The Bertz CT molecular complexity index is 672. The van der Waals surface area contributed by atoms with Gasteiger partial charge >= 0.3 is 6.03 Å². The van der Waals surface area contributed by atoms with Crippen molar-refractivity contribution in [3.63, 3.8) is 0 Å². The van der Waals surface area contributed by atoms with E-state index in [0.29, 0.717) is 0 Å². The van der Waals surface area contributed by atoms with Gasteiger partial charge in [0.1, 0.15) is 12.0 Å². The monoisotopic (exact) mass is 257 g/mol. The third-order valence-electron chi connectivity index (χ3n) is 2.30.